The number of hydrogen-bond donors (Lipinski definition) is 2. The fourth-order valence-corrected chi connectivity index (χ4v) is 5.50. The van der Waals surface area contributed by atoms with E-state index in [1.807, 2.05) is 6.92 Å². The number of aromatic nitrogens is 2. The van der Waals surface area contributed by atoms with Crippen molar-refractivity contribution in [2.75, 3.05) is 0 Å². The van der Waals surface area contributed by atoms with Crippen LogP contribution in [-0.4, -0.2) is 9.97 Å². The summed E-state index contributed by atoms with van der Waals surface area (Å²) in [6.07, 6.45) is 7.89. The van der Waals surface area contributed by atoms with Crippen molar-refractivity contribution in [3.63, 3.8) is 0 Å². The van der Waals surface area contributed by atoms with Crippen LogP contribution in [0.4, 0.5) is 0 Å². The molecule has 0 amide bonds. The third-order valence-corrected chi connectivity index (χ3v) is 5.97. The van der Waals surface area contributed by atoms with Crippen LogP contribution >= 0.6 is 0 Å². The molecule has 1 heterocycles. The van der Waals surface area contributed by atoms with Crippen LogP contribution < -0.4 is 11.3 Å². The Morgan fingerprint density at radius 1 is 1.20 bits per heavy atom. The lowest BCUT2D eigenvalue weighted by Crippen LogP contribution is -2.50. The van der Waals surface area contributed by atoms with E-state index in [4.69, 9.17) is 10.7 Å². The van der Waals surface area contributed by atoms with E-state index in [0.29, 0.717) is 5.56 Å². The second-order valence-corrected chi connectivity index (χ2v) is 7.38. The maximum atomic E-state index is 12.2. The first-order valence-electron chi connectivity index (χ1n) is 7.90. The van der Waals surface area contributed by atoms with Crippen molar-refractivity contribution < 1.29 is 0 Å². The molecule has 0 spiro atoms. The van der Waals surface area contributed by atoms with Crippen LogP contribution in [0.3, 0.4) is 0 Å². The van der Waals surface area contributed by atoms with E-state index >= 15 is 0 Å². The monoisotopic (exact) mass is 273 g/mol. The minimum absolute atomic E-state index is 0.0225. The Hall–Kier alpha value is -1.16. The van der Waals surface area contributed by atoms with Crippen LogP contribution in [0.25, 0.3) is 0 Å². The molecule has 4 aliphatic rings. The van der Waals surface area contributed by atoms with Crippen molar-refractivity contribution in [1.29, 1.82) is 0 Å². The van der Waals surface area contributed by atoms with Gasteiger partial charge < -0.3 is 10.7 Å². The molecule has 0 aliphatic heterocycles. The van der Waals surface area contributed by atoms with Crippen LogP contribution in [0.2, 0.25) is 0 Å². The standard InChI is InChI=1S/C16H23N3O/c1-9-13(8-17)14(20)19-15(18-9)16-5-10-2-11(6-16)4-12(3-10)7-16/h10-12H,2-8,17H2,1H3,(H,18,19,20). The third-order valence-electron chi connectivity index (χ3n) is 5.97. The van der Waals surface area contributed by atoms with Crippen molar-refractivity contribution in [1.82, 2.24) is 9.97 Å². The predicted molar refractivity (Wildman–Crippen MR) is 77.3 cm³/mol. The Kier molecular flexibility index (Phi) is 2.62. The Morgan fingerprint density at radius 2 is 1.75 bits per heavy atom. The topological polar surface area (TPSA) is 71.8 Å². The summed E-state index contributed by atoms with van der Waals surface area (Å²) >= 11 is 0. The highest BCUT2D eigenvalue weighted by atomic mass is 16.1. The second-order valence-electron chi connectivity index (χ2n) is 7.38. The summed E-state index contributed by atoms with van der Waals surface area (Å²) in [4.78, 5) is 20.0. The van der Waals surface area contributed by atoms with Gasteiger partial charge in [-0.15, -0.1) is 0 Å². The highest BCUT2D eigenvalue weighted by Gasteiger charge is 2.52. The van der Waals surface area contributed by atoms with E-state index in [1.54, 1.807) is 0 Å². The van der Waals surface area contributed by atoms with E-state index in [9.17, 15) is 4.79 Å². The van der Waals surface area contributed by atoms with Gasteiger partial charge in [-0.3, -0.25) is 4.79 Å². The van der Waals surface area contributed by atoms with E-state index in [0.717, 1.165) is 29.3 Å². The minimum Gasteiger partial charge on any atom is -0.326 e. The van der Waals surface area contributed by atoms with Crippen molar-refractivity contribution in [3.8, 4) is 0 Å². The van der Waals surface area contributed by atoms with E-state index < -0.39 is 0 Å². The molecule has 1 aromatic heterocycles. The first kappa shape index (κ1) is 12.6. The first-order valence-corrected chi connectivity index (χ1v) is 7.90. The van der Waals surface area contributed by atoms with Gasteiger partial charge in [0.2, 0.25) is 0 Å². The van der Waals surface area contributed by atoms with Gasteiger partial charge in [-0.05, 0) is 63.2 Å². The van der Waals surface area contributed by atoms with E-state index in [1.165, 1.54) is 38.5 Å². The highest BCUT2D eigenvalue weighted by Crippen LogP contribution is 2.59. The van der Waals surface area contributed by atoms with Crippen LogP contribution in [0.15, 0.2) is 4.79 Å². The SMILES string of the molecule is Cc1nc(C23CC4CC(CC(C4)C2)C3)[nH]c(=O)c1CN. The molecule has 20 heavy (non-hydrogen) atoms. The predicted octanol–water partition coefficient (Wildman–Crippen LogP) is 2.00. The lowest BCUT2D eigenvalue weighted by atomic mass is 9.49. The van der Waals surface area contributed by atoms with E-state index in [-0.39, 0.29) is 17.5 Å². The first-order chi connectivity index (χ1) is 9.59. The van der Waals surface area contributed by atoms with Gasteiger partial charge >= 0.3 is 0 Å². The molecule has 0 saturated heterocycles. The summed E-state index contributed by atoms with van der Waals surface area (Å²) in [5.41, 5.74) is 7.24. The van der Waals surface area contributed by atoms with Crippen molar-refractivity contribution in [2.45, 2.75) is 57.4 Å². The highest BCUT2D eigenvalue weighted by molar-refractivity contribution is 5.23. The molecule has 4 heteroatoms. The Bertz CT molecular complexity index is 569. The average molecular weight is 273 g/mol. The zero-order valence-corrected chi connectivity index (χ0v) is 12.1. The summed E-state index contributed by atoms with van der Waals surface area (Å²) in [5.74, 6) is 3.54. The number of aryl methyl sites for hydroxylation is 1. The smallest absolute Gasteiger partial charge is 0.255 e. The van der Waals surface area contributed by atoms with Gasteiger partial charge in [0.25, 0.3) is 5.56 Å². The summed E-state index contributed by atoms with van der Waals surface area (Å²) in [6.45, 7) is 2.19. The molecule has 0 atom stereocenters. The minimum atomic E-state index is -0.0225. The molecule has 0 unspecified atom stereocenters. The van der Waals surface area contributed by atoms with E-state index in [2.05, 4.69) is 4.98 Å². The Morgan fingerprint density at radius 3 is 2.20 bits per heavy atom. The maximum absolute atomic E-state index is 12.2. The lowest BCUT2D eigenvalue weighted by molar-refractivity contribution is -0.00960. The van der Waals surface area contributed by atoms with Gasteiger partial charge in [-0.1, -0.05) is 0 Å². The summed E-state index contributed by atoms with van der Waals surface area (Å²) in [5, 5.41) is 0. The maximum Gasteiger partial charge on any atom is 0.255 e. The van der Waals surface area contributed by atoms with Crippen LogP contribution in [-0.2, 0) is 12.0 Å². The number of nitrogens with two attached hydrogens (primary N) is 1. The second kappa shape index (κ2) is 4.17. The van der Waals surface area contributed by atoms with Gasteiger partial charge in [-0.25, -0.2) is 4.98 Å². The van der Waals surface area contributed by atoms with Crippen molar-refractivity contribution in [3.05, 3.63) is 27.4 Å². The molecular weight excluding hydrogens is 250 g/mol. The molecule has 4 nitrogen and oxygen atoms in total. The molecular formula is C16H23N3O. The Balaban J connectivity index is 1.79. The molecule has 4 saturated carbocycles. The zero-order chi connectivity index (χ0) is 13.9. The molecule has 5 rings (SSSR count). The number of nitrogens with one attached hydrogen (secondary N) is 1. The Labute approximate surface area is 119 Å². The van der Waals surface area contributed by atoms with Crippen molar-refractivity contribution >= 4 is 0 Å². The quantitative estimate of drug-likeness (QED) is 0.865. The zero-order valence-electron chi connectivity index (χ0n) is 12.1. The molecule has 3 N–H and O–H groups in total. The van der Waals surface area contributed by atoms with Crippen LogP contribution in [0.1, 0.15) is 55.6 Å². The van der Waals surface area contributed by atoms with Gasteiger partial charge in [-0.2, -0.15) is 0 Å². The third kappa shape index (κ3) is 1.70. The largest absolute Gasteiger partial charge is 0.326 e. The van der Waals surface area contributed by atoms with Crippen molar-refractivity contribution in [2.24, 2.45) is 23.5 Å². The number of aromatic amines is 1. The van der Waals surface area contributed by atoms with Crippen LogP contribution in [0, 0.1) is 24.7 Å². The molecule has 108 valence electrons. The summed E-state index contributed by atoms with van der Waals surface area (Å²) in [7, 11) is 0. The summed E-state index contributed by atoms with van der Waals surface area (Å²) < 4.78 is 0. The molecule has 4 bridgehead atoms. The normalized spacial score (nSPS) is 38.4. The fraction of sp³-hybridized carbons (Fsp3) is 0.750. The molecule has 0 aromatic carbocycles. The van der Waals surface area contributed by atoms with Gasteiger partial charge in [0, 0.05) is 17.7 Å². The number of nitrogens with zero attached hydrogens (tertiary/aromatic N) is 1. The molecule has 4 fully saturated rings. The lowest BCUT2D eigenvalue weighted by Gasteiger charge is -2.56. The average Bonchev–Trinajstić information content (AvgIpc) is 2.36. The van der Waals surface area contributed by atoms with Crippen LogP contribution in [0.5, 0.6) is 0 Å². The van der Waals surface area contributed by atoms with Gasteiger partial charge in [0.1, 0.15) is 5.82 Å². The summed E-state index contributed by atoms with van der Waals surface area (Å²) in [6, 6.07) is 0. The number of hydrogen-bond acceptors (Lipinski definition) is 3. The number of H-pyrrole nitrogens is 1. The number of rotatable bonds is 2. The molecule has 4 aliphatic carbocycles. The fourth-order valence-electron chi connectivity index (χ4n) is 5.50. The van der Waals surface area contributed by atoms with Gasteiger partial charge in [0.05, 0.1) is 5.56 Å². The molecule has 0 radical (unpaired) electrons. The van der Waals surface area contributed by atoms with Gasteiger partial charge in [0.15, 0.2) is 0 Å². The molecule has 1 aromatic rings.